The van der Waals surface area contributed by atoms with Crippen molar-refractivity contribution >= 4 is 22.5 Å². The Balaban J connectivity index is 1.67. The number of carbonyl (C=O) groups excluding carboxylic acids is 1. The monoisotopic (exact) mass is 407 g/mol. The van der Waals surface area contributed by atoms with Gasteiger partial charge in [0.1, 0.15) is 11.6 Å². The number of halogens is 1. The van der Waals surface area contributed by atoms with Gasteiger partial charge in [0.05, 0.1) is 17.7 Å². The zero-order valence-corrected chi connectivity index (χ0v) is 15.8. The minimum absolute atomic E-state index is 0.0384. The van der Waals surface area contributed by atoms with E-state index in [0.717, 1.165) is 16.6 Å². The van der Waals surface area contributed by atoms with Crippen molar-refractivity contribution in [3.8, 4) is 0 Å². The van der Waals surface area contributed by atoms with Crippen LogP contribution < -0.4 is 5.32 Å². The van der Waals surface area contributed by atoms with Gasteiger partial charge in [-0.15, -0.1) is 0 Å². The van der Waals surface area contributed by atoms with Crippen LogP contribution in [0.2, 0.25) is 0 Å². The molecule has 2 N–H and O–H groups in total. The first kappa shape index (κ1) is 19.4. The molecule has 7 nitrogen and oxygen atoms in total. The summed E-state index contributed by atoms with van der Waals surface area (Å²) in [6.45, 7) is 0.251. The van der Waals surface area contributed by atoms with Crippen molar-refractivity contribution in [2.45, 2.75) is 18.9 Å². The van der Waals surface area contributed by atoms with E-state index in [2.05, 4.69) is 10.3 Å². The number of carbonyl (C=O) groups is 1. The lowest BCUT2D eigenvalue weighted by atomic mass is 9.88. The molecule has 0 fully saturated rings. The number of non-ortho nitro benzene ring substituents is 1. The van der Waals surface area contributed by atoms with Crippen LogP contribution in [-0.4, -0.2) is 15.8 Å². The first-order chi connectivity index (χ1) is 14.5. The van der Waals surface area contributed by atoms with E-state index in [-0.39, 0.29) is 30.4 Å². The number of H-pyrrole nitrogens is 1. The fraction of sp³-hybridized carbons (Fsp3) is 0.136. The number of hydrogen-bond acceptors (Lipinski definition) is 4. The van der Waals surface area contributed by atoms with Crippen LogP contribution >= 0.6 is 0 Å². The van der Waals surface area contributed by atoms with E-state index in [4.69, 9.17) is 4.42 Å². The Morgan fingerprint density at radius 1 is 1.20 bits per heavy atom. The van der Waals surface area contributed by atoms with Crippen LogP contribution in [-0.2, 0) is 11.3 Å². The predicted molar refractivity (Wildman–Crippen MR) is 108 cm³/mol. The quantitative estimate of drug-likeness (QED) is 0.344. The number of nitrogens with zero attached hydrogens (tertiary/aromatic N) is 1. The molecule has 30 heavy (non-hydrogen) atoms. The van der Waals surface area contributed by atoms with E-state index in [0.29, 0.717) is 11.1 Å². The van der Waals surface area contributed by atoms with E-state index < -0.39 is 10.8 Å². The summed E-state index contributed by atoms with van der Waals surface area (Å²) >= 11 is 0. The van der Waals surface area contributed by atoms with Crippen molar-refractivity contribution in [2.24, 2.45) is 0 Å². The van der Waals surface area contributed by atoms with Gasteiger partial charge in [0.15, 0.2) is 0 Å². The highest BCUT2D eigenvalue weighted by molar-refractivity contribution is 5.87. The molecular weight excluding hydrogens is 389 g/mol. The maximum atomic E-state index is 13.5. The molecule has 0 aliphatic rings. The van der Waals surface area contributed by atoms with E-state index in [1.165, 1.54) is 30.5 Å². The Morgan fingerprint density at radius 3 is 2.70 bits per heavy atom. The number of fused-ring (bicyclic) bond motifs is 1. The number of hydrogen-bond donors (Lipinski definition) is 2. The molecule has 0 saturated heterocycles. The molecule has 4 aromatic rings. The first-order valence-corrected chi connectivity index (χ1v) is 9.31. The van der Waals surface area contributed by atoms with Crippen molar-refractivity contribution < 1.29 is 18.5 Å². The van der Waals surface area contributed by atoms with Crippen LogP contribution in [0, 0.1) is 15.9 Å². The van der Waals surface area contributed by atoms with Crippen LogP contribution in [0.4, 0.5) is 10.1 Å². The summed E-state index contributed by atoms with van der Waals surface area (Å²) in [6, 6.07) is 13.9. The third-order valence-corrected chi connectivity index (χ3v) is 4.99. The van der Waals surface area contributed by atoms with Crippen LogP contribution in [0.25, 0.3) is 10.9 Å². The number of furan rings is 1. The molecule has 2 aromatic carbocycles. The van der Waals surface area contributed by atoms with Gasteiger partial charge in [-0.25, -0.2) is 4.39 Å². The molecule has 0 aliphatic heterocycles. The second kappa shape index (κ2) is 8.20. The second-order valence-electron chi connectivity index (χ2n) is 6.90. The molecule has 2 aromatic heterocycles. The predicted octanol–water partition coefficient (Wildman–Crippen LogP) is 4.65. The highest BCUT2D eigenvalue weighted by atomic mass is 19.1. The van der Waals surface area contributed by atoms with Crippen LogP contribution in [0.3, 0.4) is 0 Å². The van der Waals surface area contributed by atoms with Gasteiger partial charge in [-0.3, -0.25) is 14.9 Å². The normalized spacial score (nSPS) is 12.0. The molecule has 0 spiro atoms. The molecule has 0 unspecified atom stereocenters. The number of aromatic amines is 1. The van der Waals surface area contributed by atoms with Crippen LogP contribution in [0.15, 0.2) is 71.5 Å². The second-order valence-corrected chi connectivity index (χ2v) is 6.90. The lowest BCUT2D eigenvalue weighted by molar-refractivity contribution is -0.384. The highest BCUT2D eigenvalue weighted by Gasteiger charge is 2.23. The van der Waals surface area contributed by atoms with Gasteiger partial charge in [0.2, 0.25) is 5.91 Å². The summed E-state index contributed by atoms with van der Waals surface area (Å²) in [5.41, 5.74) is 2.15. The number of amides is 1. The summed E-state index contributed by atoms with van der Waals surface area (Å²) in [5.74, 6) is -0.391. The van der Waals surface area contributed by atoms with E-state index >= 15 is 0 Å². The standard InChI is InChI=1S/C22H18FN3O4/c23-15-5-3-14(4-6-15)18(11-22(27)25-12-17-2-1-9-30-17)20-13-24-21-8-7-16(26(28)29)10-19(20)21/h1-10,13,18,24H,11-12H2,(H,25,27)/t18-/m0/s1. The third kappa shape index (κ3) is 4.07. The largest absolute Gasteiger partial charge is 0.467 e. The molecule has 1 amide bonds. The van der Waals surface area contributed by atoms with Crippen molar-refractivity contribution in [1.29, 1.82) is 0 Å². The van der Waals surface area contributed by atoms with Crippen molar-refractivity contribution in [3.05, 3.63) is 99.9 Å². The lowest BCUT2D eigenvalue weighted by Gasteiger charge is -2.17. The number of nitrogens with one attached hydrogen (secondary N) is 2. The van der Waals surface area contributed by atoms with Crippen LogP contribution in [0.5, 0.6) is 0 Å². The molecule has 0 radical (unpaired) electrons. The molecule has 1 atom stereocenters. The number of rotatable bonds is 7. The average molecular weight is 407 g/mol. The molecule has 8 heteroatoms. The Bertz CT molecular complexity index is 1180. The smallest absolute Gasteiger partial charge is 0.270 e. The maximum Gasteiger partial charge on any atom is 0.270 e. The molecule has 152 valence electrons. The van der Waals surface area contributed by atoms with E-state index in [1.54, 1.807) is 36.5 Å². The van der Waals surface area contributed by atoms with Gasteiger partial charge in [-0.2, -0.15) is 0 Å². The Kier molecular flexibility index (Phi) is 5.30. The third-order valence-electron chi connectivity index (χ3n) is 4.99. The van der Waals surface area contributed by atoms with Gasteiger partial charge in [0.25, 0.3) is 5.69 Å². The zero-order valence-electron chi connectivity index (χ0n) is 15.8. The van der Waals surface area contributed by atoms with E-state index in [1.807, 2.05) is 0 Å². The maximum absolute atomic E-state index is 13.5. The summed E-state index contributed by atoms with van der Waals surface area (Å²) < 4.78 is 18.7. The summed E-state index contributed by atoms with van der Waals surface area (Å²) in [5, 5.41) is 14.7. The van der Waals surface area contributed by atoms with Gasteiger partial charge < -0.3 is 14.7 Å². The Morgan fingerprint density at radius 2 is 2.00 bits per heavy atom. The SMILES string of the molecule is O=C(C[C@@H](c1ccc(F)cc1)c1c[nH]c2ccc([N+](=O)[O-])cc12)NCc1ccco1. The molecular formula is C22H18FN3O4. The van der Waals surface area contributed by atoms with Gasteiger partial charge in [-0.1, -0.05) is 12.1 Å². The van der Waals surface area contributed by atoms with Gasteiger partial charge in [0, 0.05) is 41.6 Å². The van der Waals surface area contributed by atoms with Crippen LogP contribution in [0.1, 0.15) is 29.2 Å². The van der Waals surface area contributed by atoms with Crippen molar-refractivity contribution in [1.82, 2.24) is 10.3 Å². The Hall–Kier alpha value is -3.94. The zero-order chi connectivity index (χ0) is 21.1. The topological polar surface area (TPSA) is 101 Å². The molecule has 4 rings (SSSR count). The summed E-state index contributed by atoms with van der Waals surface area (Å²) in [4.78, 5) is 26.5. The minimum Gasteiger partial charge on any atom is -0.467 e. The minimum atomic E-state index is -0.459. The molecule has 0 aliphatic carbocycles. The molecule has 2 heterocycles. The number of benzene rings is 2. The van der Waals surface area contributed by atoms with E-state index in [9.17, 15) is 19.3 Å². The summed E-state index contributed by atoms with van der Waals surface area (Å²) in [7, 11) is 0. The van der Waals surface area contributed by atoms with Gasteiger partial charge in [-0.05, 0) is 41.5 Å². The average Bonchev–Trinajstić information content (AvgIpc) is 3.40. The van der Waals surface area contributed by atoms with Crippen molar-refractivity contribution in [2.75, 3.05) is 0 Å². The number of aromatic nitrogens is 1. The lowest BCUT2D eigenvalue weighted by Crippen LogP contribution is -2.24. The number of nitro groups is 1. The Labute approximate surface area is 170 Å². The van der Waals surface area contributed by atoms with Gasteiger partial charge >= 0.3 is 0 Å². The highest BCUT2D eigenvalue weighted by Crippen LogP contribution is 2.35. The first-order valence-electron chi connectivity index (χ1n) is 9.31. The fourth-order valence-corrected chi connectivity index (χ4v) is 3.49. The number of nitro benzene ring substituents is 1. The molecule has 0 bridgehead atoms. The summed E-state index contributed by atoms with van der Waals surface area (Å²) in [6.07, 6.45) is 3.35. The fourth-order valence-electron chi connectivity index (χ4n) is 3.49. The van der Waals surface area contributed by atoms with Crippen molar-refractivity contribution in [3.63, 3.8) is 0 Å². The molecule has 0 saturated carbocycles.